The maximum atomic E-state index is 13.0. The Bertz CT molecular complexity index is 1260. The number of carbonyl (C=O) groups excluding carboxylic acids is 2. The van der Waals surface area contributed by atoms with Crippen LogP contribution in [0.1, 0.15) is 32.2 Å². The highest BCUT2D eigenvalue weighted by Gasteiger charge is 2.24. The zero-order chi connectivity index (χ0) is 24.2. The van der Waals surface area contributed by atoms with E-state index in [-0.39, 0.29) is 22.6 Å². The van der Waals surface area contributed by atoms with Crippen LogP contribution in [-0.2, 0) is 21.3 Å². The van der Waals surface area contributed by atoms with Crippen molar-refractivity contribution in [1.29, 1.82) is 0 Å². The van der Waals surface area contributed by atoms with Gasteiger partial charge in [0.05, 0.1) is 31.3 Å². The van der Waals surface area contributed by atoms with Crippen LogP contribution in [-0.4, -0.2) is 41.6 Å². The van der Waals surface area contributed by atoms with Crippen molar-refractivity contribution in [3.05, 3.63) is 77.2 Å². The molecule has 0 fully saturated rings. The maximum absolute atomic E-state index is 13.0. The number of hydrogen-bond acceptors (Lipinski definition) is 7. The first-order valence-electron chi connectivity index (χ1n) is 9.87. The molecule has 0 bridgehead atoms. The number of hydrogen-bond donors (Lipinski definition) is 1. The number of para-hydroxylation sites is 2. The summed E-state index contributed by atoms with van der Waals surface area (Å²) in [7, 11) is 0.297. The minimum absolute atomic E-state index is 0.0248. The van der Waals surface area contributed by atoms with E-state index in [0.717, 1.165) is 4.31 Å². The molecule has 0 saturated heterocycles. The van der Waals surface area contributed by atoms with Crippen LogP contribution in [0.4, 0.5) is 5.69 Å². The number of methoxy groups -OCH3 is 2. The van der Waals surface area contributed by atoms with E-state index in [1.165, 1.54) is 51.6 Å². The molecular weight excluding hydrogens is 448 g/mol. The number of amides is 1. The molecule has 9 nitrogen and oxygen atoms in total. The van der Waals surface area contributed by atoms with Gasteiger partial charge in [0.15, 0.2) is 0 Å². The van der Waals surface area contributed by atoms with Crippen molar-refractivity contribution in [2.75, 3.05) is 25.6 Å². The first kappa shape index (κ1) is 23.9. The van der Waals surface area contributed by atoms with Crippen molar-refractivity contribution >= 4 is 27.6 Å². The van der Waals surface area contributed by atoms with E-state index >= 15 is 0 Å². The minimum Gasteiger partial charge on any atom is -0.495 e. The lowest BCUT2D eigenvalue weighted by Gasteiger charge is -2.21. The van der Waals surface area contributed by atoms with Gasteiger partial charge in [-0.1, -0.05) is 12.1 Å². The van der Waals surface area contributed by atoms with Crippen LogP contribution in [0.25, 0.3) is 0 Å². The van der Waals surface area contributed by atoms with Crippen LogP contribution >= 0.6 is 0 Å². The molecule has 0 aliphatic heterocycles. The molecular formula is C23H24N2O7S. The number of nitrogens with one attached hydrogen (secondary N) is 1. The van der Waals surface area contributed by atoms with Crippen molar-refractivity contribution in [2.24, 2.45) is 0 Å². The van der Waals surface area contributed by atoms with E-state index in [2.05, 4.69) is 10.1 Å². The molecule has 0 radical (unpaired) electrons. The summed E-state index contributed by atoms with van der Waals surface area (Å²) in [6, 6.07) is 13.8. The first-order valence-corrected chi connectivity index (χ1v) is 11.3. The van der Waals surface area contributed by atoms with E-state index in [9.17, 15) is 18.0 Å². The van der Waals surface area contributed by atoms with Crippen molar-refractivity contribution < 1.29 is 31.9 Å². The molecule has 1 amide bonds. The zero-order valence-corrected chi connectivity index (χ0v) is 19.4. The van der Waals surface area contributed by atoms with Gasteiger partial charge in [-0.15, -0.1) is 0 Å². The predicted molar refractivity (Wildman–Crippen MR) is 121 cm³/mol. The largest absolute Gasteiger partial charge is 0.495 e. The lowest BCUT2D eigenvalue weighted by molar-refractivity contribution is 0.0598. The Kier molecular flexibility index (Phi) is 7.07. The summed E-state index contributed by atoms with van der Waals surface area (Å²) in [4.78, 5) is 24.2. The Hall–Kier alpha value is -3.79. The Morgan fingerprint density at radius 1 is 1.06 bits per heavy atom. The van der Waals surface area contributed by atoms with Gasteiger partial charge in [-0.2, -0.15) is 0 Å². The lowest BCUT2D eigenvalue weighted by Crippen LogP contribution is -2.27. The Balaban J connectivity index is 1.71. The average Bonchev–Trinajstić information content (AvgIpc) is 3.21. The fraction of sp³-hybridized carbons (Fsp3) is 0.217. The normalized spacial score (nSPS) is 11.0. The SMILES string of the molecule is COC(=O)c1cc(CNC(=O)c2ccc(S(=O)(=O)N(C)c3ccccc3OC)cc2)oc1C. The third kappa shape index (κ3) is 5.01. The summed E-state index contributed by atoms with van der Waals surface area (Å²) in [6.45, 7) is 1.67. The quantitative estimate of drug-likeness (QED) is 0.501. The molecule has 0 unspecified atom stereocenters. The topological polar surface area (TPSA) is 115 Å². The predicted octanol–water partition coefficient (Wildman–Crippen LogP) is 3.14. The molecule has 0 aliphatic rings. The van der Waals surface area contributed by atoms with Gasteiger partial charge in [-0.05, 0) is 49.4 Å². The van der Waals surface area contributed by atoms with Gasteiger partial charge in [0.25, 0.3) is 15.9 Å². The third-order valence-electron chi connectivity index (χ3n) is 5.00. The number of ether oxygens (including phenoxy) is 2. The number of sulfonamides is 1. The van der Waals surface area contributed by atoms with E-state index in [1.54, 1.807) is 31.2 Å². The van der Waals surface area contributed by atoms with Crippen LogP contribution in [0.15, 0.2) is 63.9 Å². The molecule has 0 saturated carbocycles. The number of furan rings is 1. The van der Waals surface area contributed by atoms with E-state index in [4.69, 9.17) is 9.15 Å². The molecule has 33 heavy (non-hydrogen) atoms. The van der Waals surface area contributed by atoms with Gasteiger partial charge in [0.1, 0.15) is 22.8 Å². The summed E-state index contributed by atoms with van der Waals surface area (Å²) >= 11 is 0. The van der Waals surface area contributed by atoms with E-state index in [0.29, 0.717) is 23.0 Å². The smallest absolute Gasteiger partial charge is 0.341 e. The first-order chi connectivity index (χ1) is 15.7. The molecule has 174 valence electrons. The summed E-state index contributed by atoms with van der Waals surface area (Å²) in [5, 5.41) is 2.67. The van der Waals surface area contributed by atoms with E-state index < -0.39 is 21.9 Å². The minimum atomic E-state index is -3.87. The number of carbonyl (C=O) groups is 2. The van der Waals surface area contributed by atoms with Gasteiger partial charge in [-0.25, -0.2) is 13.2 Å². The van der Waals surface area contributed by atoms with Crippen molar-refractivity contribution in [1.82, 2.24) is 5.32 Å². The van der Waals surface area contributed by atoms with Gasteiger partial charge in [0, 0.05) is 12.6 Å². The van der Waals surface area contributed by atoms with Crippen LogP contribution in [0.2, 0.25) is 0 Å². The molecule has 1 aromatic heterocycles. The van der Waals surface area contributed by atoms with Gasteiger partial charge >= 0.3 is 5.97 Å². The fourth-order valence-corrected chi connectivity index (χ4v) is 4.37. The number of aryl methyl sites for hydroxylation is 1. The number of esters is 1. The van der Waals surface area contributed by atoms with Gasteiger partial charge in [0.2, 0.25) is 0 Å². The van der Waals surface area contributed by atoms with Crippen molar-refractivity contribution in [3.63, 3.8) is 0 Å². The number of benzene rings is 2. The molecule has 2 aromatic carbocycles. The molecule has 3 aromatic rings. The second-order valence-electron chi connectivity index (χ2n) is 7.03. The second-order valence-corrected chi connectivity index (χ2v) is 8.99. The van der Waals surface area contributed by atoms with E-state index in [1.807, 2.05) is 0 Å². The molecule has 0 atom stereocenters. The highest BCUT2D eigenvalue weighted by molar-refractivity contribution is 7.92. The molecule has 10 heteroatoms. The van der Waals surface area contributed by atoms with Crippen LogP contribution < -0.4 is 14.4 Å². The number of rotatable bonds is 8. The third-order valence-corrected chi connectivity index (χ3v) is 6.78. The summed E-state index contributed by atoms with van der Waals surface area (Å²) in [6.07, 6.45) is 0. The van der Waals surface area contributed by atoms with Crippen LogP contribution in [0.5, 0.6) is 5.75 Å². The van der Waals surface area contributed by atoms with Crippen LogP contribution in [0, 0.1) is 6.92 Å². The van der Waals surface area contributed by atoms with Gasteiger partial charge in [-0.3, -0.25) is 9.10 Å². The number of anilines is 1. The monoisotopic (exact) mass is 472 g/mol. The highest BCUT2D eigenvalue weighted by atomic mass is 32.2. The second kappa shape index (κ2) is 9.78. The zero-order valence-electron chi connectivity index (χ0n) is 18.6. The lowest BCUT2D eigenvalue weighted by atomic mass is 10.2. The standard InChI is InChI=1S/C23H24N2O7S/c1-15-19(23(27)31-4)13-17(32-15)14-24-22(26)16-9-11-18(12-10-16)33(28,29)25(2)20-7-5-6-8-21(20)30-3/h5-13H,14H2,1-4H3,(H,24,26). The highest BCUT2D eigenvalue weighted by Crippen LogP contribution is 2.30. The molecule has 0 spiro atoms. The maximum Gasteiger partial charge on any atom is 0.341 e. The molecule has 1 N–H and O–H groups in total. The summed E-state index contributed by atoms with van der Waals surface area (Å²) in [5.74, 6) is 0.246. The average molecular weight is 473 g/mol. The Morgan fingerprint density at radius 3 is 2.36 bits per heavy atom. The summed E-state index contributed by atoms with van der Waals surface area (Å²) in [5.41, 5.74) is 0.947. The number of nitrogens with zero attached hydrogens (tertiary/aromatic N) is 1. The van der Waals surface area contributed by atoms with Crippen LogP contribution in [0.3, 0.4) is 0 Å². The fourth-order valence-electron chi connectivity index (χ4n) is 3.17. The Morgan fingerprint density at radius 2 is 1.73 bits per heavy atom. The molecule has 1 heterocycles. The molecule has 3 rings (SSSR count). The van der Waals surface area contributed by atoms with Gasteiger partial charge < -0.3 is 19.2 Å². The van der Waals surface area contributed by atoms with Crippen molar-refractivity contribution in [2.45, 2.75) is 18.4 Å². The Labute approximate surface area is 192 Å². The summed E-state index contributed by atoms with van der Waals surface area (Å²) < 4.78 is 42.6. The van der Waals surface area contributed by atoms with Crippen molar-refractivity contribution in [3.8, 4) is 5.75 Å². The molecule has 0 aliphatic carbocycles.